The van der Waals surface area contributed by atoms with Crippen LogP contribution in [0.25, 0.3) is 11.1 Å². The van der Waals surface area contributed by atoms with Gasteiger partial charge in [0.2, 0.25) is 10.0 Å². The molecule has 0 fully saturated rings. The molecule has 1 aromatic heterocycles. The molecule has 3 rings (SSSR count). The van der Waals surface area contributed by atoms with Crippen LogP contribution in [-0.4, -0.2) is 62.1 Å². The number of nitrogens with one attached hydrogen (secondary N) is 2. The Balaban J connectivity index is 1.85. The maximum absolute atomic E-state index is 13.9. The van der Waals surface area contributed by atoms with Crippen LogP contribution in [0.2, 0.25) is 0 Å². The standard InChI is InChI=1S/C28H33F3N4O6S2/c1-20-19-32-14-12-24(20)23-9-7-8-22(18-23)21(2)35(16-6-5-13-33-27(36)34-15-17-42(37,38)39)43(40,41)26-11-4-3-10-25(26)28(29,30)31/h3-4,7-12,14,18-19,21H,5-6,13,15-17H2,1-2H3,(H2,33,34,36)(H,37,38,39). The molecule has 10 nitrogen and oxygen atoms in total. The lowest BCUT2D eigenvalue weighted by Gasteiger charge is -2.30. The first-order chi connectivity index (χ1) is 20.1. The molecule has 1 atom stereocenters. The minimum absolute atomic E-state index is 0.0793. The lowest BCUT2D eigenvalue weighted by atomic mass is 9.98. The molecule has 2 amide bonds. The number of benzene rings is 2. The molecule has 0 saturated carbocycles. The summed E-state index contributed by atoms with van der Waals surface area (Å²) in [6, 6.07) is 11.4. The molecule has 0 spiro atoms. The average molecular weight is 643 g/mol. The summed E-state index contributed by atoms with van der Waals surface area (Å²) in [5.74, 6) is -0.660. The third kappa shape index (κ3) is 9.48. The number of carbonyl (C=O) groups is 1. The predicted molar refractivity (Wildman–Crippen MR) is 155 cm³/mol. The zero-order valence-electron chi connectivity index (χ0n) is 23.5. The van der Waals surface area contributed by atoms with Gasteiger partial charge in [0.15, 0.2) is 0 Å². The molecule has 1 unspecified atom stereocenters. The lowest BCUT2D eigenvalue weighted by molar-refractivity contribution is -0.139. The van der Waals surface area contributed by atoms with Gasteiger partial charge in [-0.05, 0) is 73.2 Å². The van der Waals surface area contributed by atoms with E-state index in [-0.39, 0.29) is 32.5 Å². The number of pyridine rings is 1. The number of sulfonamides is 1. The van der Waals surface area contributed by atoms with Crippen LogP contribution in [0.5, 0.6) is 0 Å². The van der Waals surface area contributed by atoms with Crippen molar-refractivity contribution in [3.05, 3.63) is 83.7 Å². The highest BCUT2D eigenvalue weighted by Gasteiger charge is 2.40. The van der Waals surface area contributed by atoms with Gasteiger partial charge in [-0.25, -0.2) is 13.2 Å². The maximum atomic E-state index is 13.9. The SMILES string of the molecule is Cc1cnccc1-c1cccc(C(C)N(CCCCNC(=O)NCCS(=O)(=O)O)S(=O)(=O)c2ccccc2C(F)(F)F)c1. The van der Waals surface area contributed by atoms with Crippen molar-refractivity contribution in [1.29, 1.82) is 0 Å². The van der Waals surface area contributed by atoms with E-state index >= 15 is 0 Å². The second-order valence-corrected chi connectivity index (χ2v) is 13.2. The van der Waals surface area contributed by atoms with Gasteiger partial charge in [-0.3, -0.25) is 9.54 Å². The number of aryl methyl sites for hydroxylation is 1. The molecule has 43 heavy (non-hydrogen) atoms. The average Bonchev–Trinajstić information content (AvgIpc) is 2.93. The van der Waals surface area contributed by atoms with Crippen LogP contribution in [0.15, 0.2) is 71.9 Å². The van der Waals surface area contributed by atoms with Gasteiger partial charge >= 0.3 is 12.2 Å². The number of carbonyl (C=O) groups excluding carboxylic acids is 1. The Morgan fingerprint density at radius 3 is 2.37 bits per heavy atom. The zero-order chi connectivity index (χ0) is 31.8. The number of hydrogen-bond donors (Lipinski definition) is 3. The molecule has 3 aromatic rings. The molecular formula is C28H33F3N4O6S2. The molecule has 0 radical (unpaired) electrons. The number of aromatic nitrogens is 1. The van der Waals surface area contributed by atoms with E-state index in [4.69, 9.17) is 4.55 Å². The fourth-order valence-corrected chi connectivity index (χ4v) is 6.69. The van der Waals surface area contributed by atoms with Crippen molar-refractivity contribution in [1.82, 2.24) is 19.9 Å². The Hall–Kier alpha value is -3.53. The van der Waals surface area contributed by atoms with Crippen LogP contribution in [0.1, 0.15) is 42.5 Å². The summed E-state index contributed by atoms with van der Waals surface area (Å²) in [7, 11) is -8.89. The van der Waals surface area contributed by atoms with Gasteiger partial charge in [-0.1, -0.05) is 30.3 Å². The third-order valence-corrected chi connectivity index (χ3v) is 9.40. The molecule has 234 valence electrons. The minimum atomic E-state index is -4.90. The fraction of sp³-hybridized carbons (Fsp3) is 0.357. The van der Waals surface area contributed by atoms with Crippen LogP contribution < -0.4 is 10.6 Å². The second-order valence-electron chi connectivity index (χ2n) is 9.78. The molecular weight excluding hydrogens is 609 g/mol. The highest BCUT2D eigenvalue weighted by Crippen LogP contribution is 2.38. The van der Waals surface area contributed by atoms with Crippen molar-refractivity contribution in [3.63, 3.8) is 0 Å². The van der Waals surface area contributed by atoms with E-state index in [1.54, 1.807) is 37.5 Å². The number of rotatable bonds is 13. The molecule has 1 heterocycles. The highest BCUT2D eigenvalue weighted by atomic mass is 32.2. The number of hydrogen-bond acceptors (Lipinski definition) is 6. The van der Waals surface area contributed by atoms with E-state index < -0.39 is 54.6 Å². The Bertz CT molecular complexity index is 1630. The van der Waals surface area contributed by atoms with Crippen LogP contribution in [-0.2, 0) is 26.3 Å². The van der Waals surface area contributed by atoms with Gasteiger partial charge in [0.1, 0.15) is 0 Å². The first kappa shape index (κ1) is 34.0. The number of halogens is 3. The monoisotopic (exact) mass is 642 g/mol. The quantitative estimate of drug-likeness (QED) is 0.179. The topological polar surface area (TPSA) is 146 Å². The van der Waals surface area contributed by atoms with E-state index in [1.807, 2.05) is 19.1 Å². The smallest absolute Gasteiger partial charge is 0.338 e. The third-order valence-electron chi connectivity index (χ3n) is 6.65. The minimum Gasteiger partial charge on any atom is -0.338 e. The van der Waals surface area contributed by atoms with Crippen molar-refractivity contribution in [3.8, 4) is 11.1 Å². The van der Waals surface area contributed by atoms with Crippen molar-refractivity contribution >= 4 is 26.2 Å². The number of nitrogens with zero attached hydrogens (tertiary/aromatic N) is 2. The zero-order valence-corrected chi connectivity index (χ0v) is 25.1. The van der Waals surface area contributed by atoms with Gasteiger partial charge in [-0.2, -0.15) is 25.9 Å². The largest absolute Gasteiger partial charge is 0.417 e. The van der Waals surface area contributed by atoms with Crippen molar-refractivity contribution < 1.29 is 39.4 Å². The maximum Gasteiger partial charge on any atom is 0.417 e. The van der Waals surface area contributed by atoms with Crippen LogP contribution in [0.4, 0.5) is 18.0 Å². The Morgan fingerprint density at radius 1 is 1.00 bits per heavy atom. The summed E-state index contributed by atoms with van der Waals surface area (Å²) in [4.78, 5) is 15.1. The van der Waals surface area contributed by atoms with E-state index in [1.165, 1.54) is 6.07 Å². The molecule has 0 aliphatic carbocycles. The first-order valence-corrected chi connectivity index (χ1v) is 16.3. The molecule has 0 bridgehead atoms. The summed E-state index contributed by atoms with van der Waals surface area (Å²) in [6.45, 7) is 3.10. The van der Waals surface area contributed by atoms with Gasteiger partial charge in [0, 0.05) is 38.1 Å². The number of urea groups is 1. The number of alkyl halides is 3. The number of amides is 2. The van der Waals surface area contributed by atoms with Crippen molar-refractivity contribution in [2.24, 2.45) is 0 Å². The molecule has 3 N–H and O–H groups in total. The van der Waals surface area contributed by atoms with Gasteiger partial charge in [-0.15, -0.1) is 0 Å². The first-order valence-electron chi connectivity index (χ1n) is 13.3. The van der Waals surface area contributed by atoms with Crippen LogP contribution >= 0.6 is 0 Å². The Kier molecular flexibility index (Phi) is 11.3. The number of unbranched alkanes of at least 4 members (excludes halogenated alkanes) is 1. The van der Waals surface area contributed by atoms with Crippen molar-refractivity contribution in [2.75, 3.05) is 25.4 Å². The highest BCUT2D eigenvalue weighted by molar-refractivity contribution is 7.89. The van der Waals surface area contributed by atoms with Crippen LogP contribution in [0, 0.1) is 6.92 Å². The van der Waals surface area contributed by atoms with Gasteiger partial charge < -0.3 is 10.6 Å². The summed E-state index contributed by atoms with van der Waals surface area (Å²) in [5, 5.41) is 4.75. The molecule has 2 aromatic carbocycles. The summed E-state index contributed by atoms with van der Waals surface area (Å²) in [6.07, 6.45) is -1.12. The Labute approximate surface area is 249 Å². The summed E-state index contributed by atoms with van der Waals surface area (Å²) < 4.78 is 101. The molecule has 0 aliphatic heterocycles. The summed E-state index contributed by atoms with van der Waals surface area (Å²) in [5.41, 5.74) is 1.86. The lowest BCUT2D eigenvalue weighted by Crippen LogP contribution is -2.39. The van der Waals surface area contributed by atoms with Crippen LogP contribution in [0.3, 0.4) is 0 Å². The van der Waals surface area contributed by atoms with E-state index in [0.29, 0.717) is 5.56 Å². The predicted octanol–water partition coefficient (Wildman–Crippen LogP) is 4.79. The van der Waals surface area contributed by atoms with E-state index in [0.717, 1.165) is 39.2 Å². The molecule has 0 aliphatic rings. The second kappa shape index (κ2) is 14.3. The van der Waals surface area contributed by atoms with Gasteiger partial charge in [0.25, 0.3) is 10.1 Å². The summed E-state index contributed by atoms with van der Waals surface area (Å²) >= 11 is 0. The molecule has 0 saturated heterocycles. The van der Waals surface area contributed by atoms with Gasteiger partial charge in [0.05, 0.1) is 16.2 Å². The van der Waals surface area contributed by atoms with Crippen molar-refractivity contribution in [2.45, 2.75) is 43.8 Å². The van der Waals surface area contributed by atoms with E-state index in [2.05, 4.69) is 15.6 Å². The fourth-order valence-electron chi connectivity index (χ4n) is 4.45. The normalized spacial score (nSPS) is 13.1. The van der Waals surface area contributed by atoms with E-state index in [9.17, 15) is 34.8 Å². The molecule has 15 heteroatoms. The Morgan fingerprint density at radius 2 is 1.70 bits per heavy atom.